The van der Waals surface area contributed by atoms with Gasteiger partial charge in [-0.1, -0.05) is 12.1 Å². The Kier molecular flexibility index (Phi) is 4.19. The molecule has 1 aromatic rings. The lowest BCUT2D eigenvalue weighted by atomic mass is 10.0. The van der Waals surface area contributed by atoms with Crippen LogP contribution in [0.25, 0.3) is 0 Å². The van der Waals surface area contributed by atoms with Crippen molar-refractivity contribution in [2.24, 2.45) is 0 Å². The summed E-state index contributed by atoms with van der Waals surface area (Å²) in [4.78, 5) is 21.5. The number of aliphatic hydroxyl groups excluding tert-OH is 1. The molecule has 0 radical (unpaired) electrons. The zero-order chi connectivity index (χ0) is 12.1. The quantitative estimate of drug-likeness (QED) is 0.621. The minimum Gasteiger partial charge on any atom is -0.427 e. The molecule has 1 rings (SSSR count). The van der Waals surface area contributed by atoms with Crippen LogP contribution in [0.4, 0.5) is 0 Å². The number of hydrogen-bond acceptors (Lipinski definition) is 4. The molecule has 0 fully saturated rings. The van der Waals surface area contributed by atoms with E-state index in [9.17, 15) is 14.7 Å². The van der Waals surface area contributed by atoms with Crippen molar-refractivity contribution >= 4 is 11.8 Å². The fourth-order valence-electron chi connectivity index (χ4n) is 1.31. The number of Topliss-reactive ketones (excluding diaryl/α,β-unsaturated/α-hetero) is 1. The SMILES string of the molecule is CC(=O)CC(O)c1ccc(OC(C)=O)cc1. The van der Waals surface area contributed by atoms with Gasteiger partial charge in [0.15, 0.2) is 0 Å². The molecule has 0 aromatic heterocycles. The van der Waals surface area contributed by atoms with Crippen LogP contribution < -0.4 is 4.74 Å². The second kappa shape index (κ2) is 5.42. The van der Waals surface area contributed by atoms with Crippen molar-refractivity contribution in [3.8, 4) is 5.75 Å². The van der Waals surface area contributed by atoms with Gasteiger partial charge in [-0.25, -0.2) is 0 Å². The lowest BCUT2D eigenvalue weighted by Crippen LogP contribution is -2.04. The third-order valence-electron chi connectivity index (χ3n) is 2.01. The Balaban J connectivity index is 2.70. The van der Waals surface area contributed by atoms with E-state index in [0.717, 1.165) is 0 Å². The average Bonchev–Trinajstić information content (AvgIpc) is 2.16. The molecule has 0 saturated carbocycles. The third kappa shape index (κ3) is 3.82. The number of esters is 1. The van der Waals surface area contributed by atoms with Crippen LogP contribution in [-0.2, 0) is 9.59 Å². The second-order valence-electron chi connectivity index (χ2n) is 3.58. The summed E-state index contributed by atoms with van der Waals surface area (Å²) >= 11 is 0. The van der Waals surface area contributed by atoms with Crippen molar-refractivity contribution in [2.45, 2.75) is 26.4 Å². The first-order valence-corrected chi connectivity index (χ1v) is 4.95. The van der Waals surface area contributed by atoms with Crippen LogP contribution >= 0.6 is 0 Å². The number of aliphatic hydroxyl groups is 1. The Morgan fingerprint density at radius 3 is 2.25 bits per heavy atom. The van der Waals surface area contributed by atoms with Gasteiger partial charge in [0.25, 0.3) is 0 Å². The molecule has 0 heterocycles. The van der Waals surface area contributed by atoms with Crippen LogP contribution in [0.2, 0.25) is 0 Å². The van der Waals surface area contributed by atoms with Crippen LogP contribution in [0.3, 0.4) is 0 Å². The van der Waals surface area contributed by atoms with E-state index in [1.54, 1.807) is 24.3 Å². The van der Waals surface area contributed by atoms with Crippen LogP contribution in [0, 0.1) is 0 Å². The summed E-state index contributed by atoms with van der Waals surface area (Å²) < 4.78 is 4.84. The molecule has 1 N–H and O–H groups in total. The van der Waals surface area contributed by atoms with Gasteiger partial charge in [0, 0.05) is 13.3 Å². The maximum absolute atomic E-state index is 10.8. The summed E-state index contributed by atoms with van der Waals surface area (Å²) in [6, 6.07) is 6.43. The van der Waals surface area contributed by atoms with Crippen LogP contribution in [0.15, 0.2) is 24.3 Å². The molecule has 0 aliphatic heterocycles. The van der Waals surface area contributed by atoms with Gasteiger partial charge in [-0.2, -0.15) is 0 Å². The first-order chi connectivity index (χ1) is 7.49. The van der Waals surface area contributed by atoms with E-state index in [4.69, 9.17) is 4.74 Å². The van der Waals surface area contributed by atoms with Crippen LogP contribution in [0.5, 0.6) is 5.75 Å². The molecule has 4 nitrogen and oxygen atoms in total. The lowest BCUT2D eigenvalue weighted by molar-refractivity contribution is -0.131. The van der Waals surface area contributed by atoms with Gasteiger partial charge in [0.05, 0.1) is 6.10 Å². The number of rotatable bonds is 4. The van der Waals surface area contributed by atoms with Gasteiger partial charge in [-0.05, 0) is 24.6 Å². The molecule has 0 bridgehead atoms. The molecule has 0 amide bonds. The highest BCUT2D eigenvalue weighted by atomic mass is 16.5. The van der Waals surface area contributed by atoms with Crippen molar-refractivity contribution in [1.82, 2.24) is 0 Å². The third-order valence-corrected chi connectivity index (χ3v) is 2.01. The summed E-state index contributed by atoms with van der Waals surface area (Å²) in [5, 5.41) is 9.64. The predicted octanol–water partition coefficient (Wildman–Crippen LogP) is 1.62. The van der Waals surface area contributed by atoms with E-state index in [-0.39, 0.29) is 12.2 Å². The first-order valence-electron chi connectivity index (χ1n) is 4.95. The lowest BCUT2D eigenvalue weighted by Gasteiger charge is -2.09. The van der Waals surface area contributed by atoms with E-state index in [0.29, 0.717) is 11.3 Å². The summed E-state index contributed by atoms with van der Waals surface area (Å²) in [7, 11) is 0. The number of carbonyl (C=O) groups is 2. The van der Waals surface area contributed by atoms with Crippen LogP contribution in [0.1, 0.15) is 31.9 Å². The van der Waals surface area contributed by atoms with Crippen molar-refractivity contribution < 1.29 is 19.4 Å². The Hall–Kier alpha value is -1.68. The highest BCUT2D eigenvalue weighted by molar-refractivity contribution is 5.76. The fourth-order valence-corrected chi connectivity index (χ4v) is 1.31. The van der Waals surface area contributed by atoms with Gasteiger partial charge in [-0.3, -0.25) is 9.59 Å². The Bertz CT molecular complexity index is 381. The van der Waals surface area contributed by atoms with Crippen molar-refractivity contribution in [2.75, 3.05) is 0 Å². The molecule has 0 saturated heterocycles. The number of benzene rings is 1. The average molecular weight is 222 g/mol. The molecular formula is C12H14O4. The Morgan fingerprint density at radius 2 is 1.81 bits per heavy atom. The van der Waals surface area contributed by atoms with Crippen LogP contribution in [-0.4, -0.2) is 16.9 Å². The molecule has 0 spiro atoms. The molecule has 0 aliphatic carbocycles. The zero-order valence-corrected chi connectivity index (χ0v) is 9.27. The van der Waals surface area contributed by atoms with Gasteiger partial charge >= 0.3 is 5.97 Å². The number of carbonyl (C=O) groups excluding carboxylic acids is 2. The van der Waals surface area contributed by atoms with Crippen molar-refractivity contribution in [3.05, 3.63) is 29.8 Å². The van der Waals surface area contributed by atoms with E-state index in [1.165, 1.54) is 13.8 Å². The molecule has 1 unspecified atom stereocenters. The van der Waals surface area contributed by atoms with E-state index in [2.05, 4.69) is 0 Å². The number of ketones is 1. The molecular weight excluding hydrogens is 208 g/mol. The Morgan fingerprint density at radius 1 is 1.25 bits per heavy atom. The van der Waals surface area contributed by atoms with E-state index >= 15 is 0 Å². The molecule has 16 heavy (non-hydrogen) atoms. The van der Waals surface area contributed by atoms with E-state index in [1.807, 2.05) is 0 Å². The largest absolute Gasteiger partial charge is 0.427 e. The minimum absolute atomic E-state index is 0.0726. The highest BCUT2D eigenvalue weighted by Gasteiger charge is 2.10. The zero-order valence-electron chi connectivity index (χ0n) is 9.27. The summed E-state index contributed by atoms with van der Waals surface area (Å²) in [6.07, 6.45) is -0.712. The normalized spacial score (nSPS) is 11.9. The molecule has 1 atom stereocenters. The number of hydrogen-bond donors (Lipinski definition) is 1. The topological polar surface area (TPSA) is 63.6 Å². The minimum atomic E-state index is -0.802. The van der Waals surface area contributed by atoms with Gasteiger partial charge < -0.3 is 9.84 Å². The second-order valence-corrected chi connectivity index (χ2v) is 3.58. The van der Waals surface area contributed by atoms with Crippen molar-refractivity contribution in [3.63, 3.8) is 0 Å². The molecule has 0 aliphatic rings. The molecule has 86 valence electrons. The van der Waals surface area contributed by atoms with Crippen molar-refractivity contribution in [1.29, 1.82) is 0 Å². The highest BCUT2D eigenvalue weighted by Crippen LogP contribution is 2.20. The standard InChI is InChI=1S/C12H14O4/c1-8(13)7-12(15)10-3-5-11(6-4-10)16-9(2)14/h3-6,12,15H,7H2,1-2H3. The van der Waals surface area contributed by atoms with Gasteiger partial charge in [0.1, 0.15) is 11.5 Å². The summed E-state index contributed by atoms with van der Waals surface area (Å²) in [5.41, 5.74) is 0.631. The van der Waals surface area contributed by atoms with Gasteiger partial charge in [0.2, 0.25) is 0 Å². The monoisotopic (exact) mass is 222 g/mol. The van der Waals surface area contributed by atoms with Gasteiger partial charge in [-0.15, -0.1) is 0 Å². The smallest absolute Gasteiger partial charge is 0.308 e. The first kappa shape index (κ1) is 12.4. The summed E-state index contributed by atoms with van der Waals surface area (Å²) in [6.45, 7) is 2.74. The maximum Gasteiger partial charge on any atom is 0.308 e. The van der Waals surface area contributed by atoms with E-state index < -0.39 is 12.1 Å². The fraction of sp³-hybridized carbons (Fsp3) is 0.333. The Labute approximate surface area is 93.9 Å². The number of ether oxygens (including phenoxy) is 1. The summed E-state index contributed by atoms with van der Waals surface area (Å²) in [5.74, 6) is -0.0418. The molecule has 1 aromatic carbocycles. The molecule has 4 heteroatoms. The maximum atomic E-state index is 10.8. The predicted molar refractivity (Wildman–Crippen MR) is 58.0 cm³/mol.